The summed E-state index contributed by atoms with van der Waals surface area (Å²) in [4.78, 5) is 17.3. The van der Waals surface area contributed by atoms with Crippen LogP contribution in [0.25, 0.3) is 0 Å². The fourth-order valence-electron chi connectivity index (χ4n) is 0. The van der Waals surface area contributed by atoms with Crippen molar-refractivity contribution in [1.29, 1.82) is 0 Å². The maximum Gasteiger partial charge on any atom is 0.402 e. The third-order valence-corrected chi connectivity index (χ3v) is 0. The highest BCUT2D eigenvalue weighted by atomic mass is 16.4. The minimum absolute atomic E-state index is 1.25. The van der Waals surface area contributed by atoms with Gasteiger partial charge in [-0.2, -0.15) is 0 Å². The Morgan fingerprint density at radius 1 is 1.86 bits per heavy atom. The Kier molecular flexibility index (Phi) is 11.6. The van der Waals surface area contributed by atoms with Gasteiger partial charge in [-0.25, -0.2) is 9.59 Å². The van der Waals surface area contributed by atoms with Gasteiger partial charge in [-0.3, -0.25) is 0 Å². The number of amides is 1. The minimum Gasteiger partial charge on any atom is -0.465 e. The van der Waals surface area contributed by atoms with E-state index in [1.54, 1.807) is 0 Å². The summed E-state index contributed by atoms with van der Waals surface area (Å²) in [6.45, 7) is 2.68. The van der Waals surface area contributed by atoms with Crippen LogP contribution in [0.4, 0.5) is 4.79 Å². The van der Waals surface area contributed by atoms with Gasteiger partial charge in [0.2, 0.25) is 0 Å². The number of primary amides is 1. The molecule has 0 aromatic rings. The second-order valence-corrected chi connectivity index (χ2v) is 0.483. The quantitative estimate of drug-likeness (QED) is 0.410. The number of rotatable bonds is 0. The highest BCUT2D eigenvalue weighted by Gasteiger charge is 1.65. The Labute approximate surface area is 40.2 Å². The zero-order valence-electron chi connectivity index (χ0n) is 3.55. The second-order valence-electron chi connectivity index (χ2n) is 0.483. The van der Waals surface area contributed by atoms with Crippen LogP contribution in [0.2, 0.25) is 0 Å². The highest BCUT2D eigenvalue weighted by Crippen LogP contribution is 1.34. The molecule has 0 saturated carbocycles. The molecule has 0 bridgehead atoms. The van der Waals surface area contributed by atoms with Crippen LogP contribution >= 0.6 is 0 Å². The van der Waals surface area contributed by atoms with Gasteiger partial charge in [0.25, 0.3) is 0 Å². The zero-order valence-corrected chi connectivity index (χ0v) is 3.55. The molecule has 40 valence electrons. The molecule has 4 heteroatoms. The van der Waals surface area contributed by atoms with Gasteiger partial charge >= 0.3 is 6.09 Å². The van der Waals surface area contributed by atoms with Gasteiger partial charge in [-0.1, -0.05) is 0 Å². The molecule has 0 unspecified atom stereocenters. The molecule has 0 aromatic carbocycles. The lowest BCUT2D eigenvalue weighted by molar-refractivity contribution is 0.205. The third kappa shape index (κ3) is 21.3. The van der Waals surface area contributed by atoms with Crippen molar-refractivity contribution in [3.8, 4) is 0 Å². The smallest absolute Gasteiger partial charge is 0.402 e. The Bertz CT molecular complexity index is 78.2. The third-order valence-electron chi connectivity index (χ3n) is 0. The standard InChI is InChI=1S/C2H2O.CH3NO2/c1-2-3;2-1(3)4/h1H2;2H2,(H,3,4). The van der Waals surface area contributed by atoms with Crippen LogP contribution in [0.3, 0.4) is 0 Å². The zero-order chi connectivity index (χ0) is 6.28. The van der Waals surface area contributed by atoms with Crippen LogP contribution in [0.5, 0.6) is 0 Å². The average Bonchev–Trinajstić information content (AvgIpc) is 1.33. The van der Waals surface area contributed by atoms with Crippen LogP contribution < -0.4 is 5.73 Å². The molecular weight excluding hydrogens is 98.0 g/mol. The van der Waals surface area contributed by atoms with E-state index < -0.39 is 6.09 Å². The molecule has 0 radical (unpaired) electrons. The van der Waals surface area contributed by atoms with E-state index in [9.17, 15) is 0 Å². The highest BCUT2D eigenvalue weighted by molar-refractivity contribution is 5.61. The van der Waals surface area contributed by atoms with Gasteiger partial charge in [0, 0.05) is 0 Å². The van der Waals surface area contributed by atoms with Gasteiger partial charge in [0.15, 0.2) is 0 Å². The van der Waals surface area contributed by atoms with E-state index in [4.69, 9.17) is 14.7 Å². The van der Waals surface area contributed by atoms with Crippen LogP contribution in [-0.4, -0.2) is 17.1 Å². The van der Waals surface area contributed by atoms with Crippen LogP contribution in [0.15, 0.2) is 6.58 Å². The molecule has 0 rings (SSSR count). The predicted molar refractivity (Wildman–Crippen MR) is 23.5 cm³/mol. The largest absolute Gasteiger partial charge is 0.465 e. The maximum absolute atomic E-state index is 8.78. The normalized spacial score (nSPS) is 4.57. The molecule has 0 aliphatic carbocycles. The van der Waals surface area contributed by atoms with Crippen LogP contribution in [-0.2, 0) is 4.79 Å². The molecule has 0 aromatic heterocycles. The molecule has 1 amide bonds. The van der Waals surface area contributed by atoms with E-state index in [0.29, 0.717) is 0 Å². The molecule has 3 N–H and O–H groups in total. The lowest BCUT2D eigenvalue weighted by atomic mass is 11.2. The fraction of sp³-hybridized carbons (Fsp3) is 0. The summed E-state index contributed by atoms with van der Waals surface area (Å²) in [5, 5.41) is 7.19. The number of nitrogens with two attached hydrogens (primary N) is 1. The first-order valence-electron chi connectivity index (χ1n) is 1.27. The van der Waals surface area contributed by atoms with Gasteiger partial charge in [0.05, 0.1) is 0 Å². The minimum atomic E-state index is -1.33. The van der Waals surface area contributed by atoms with E-state index in [1.807, 2.05) is 0 Å². The van der Waals surface area contributed by atoms with Crippen LogP contribution in [0, 0.1) is 0 Å². The maximum atomic E-state index is 8.78. The molecular formula is C3H5NO3. The van der Waals surface area contributed by atoms with Crippen molar-refractivity contribution < 1.29 is 14.7 Å². The lowest BCUT2D eigenvalue weighted by Gasteiger charge is -1.61. The summed E-state index contributed by atoms with van der Waals surface area (Å²) in [5.41, 5.74) is 4.03. The molecule has 0 aliphatic rings. The van der Waals surface area contributed by atoms with Gasteiger partial charge in [-0.05, 0) is 6.58 Å². The van der Waals surface area contributed by atoms with E-state index in [1.165, 1.54) is 5.94 Å². The number of hydrogen-bond donors (Lipinski definition) is 2. The molecule has 0 spiro atoms. The molecule has 0 atom stereocenters. The Balaban J connectivity index is 0. The summed E-state index contributed by atoms with van der Waals surface area (Å²) in [6, 6.07) is 0. The van der Waals surface area contributed by atoms with Crippen molar-refractivity contribution >= 4 is 12.0 Å². The van der Waals surface area contributed by atoms with Crippen molar-refractivity contribution in [3.63, 3.8) is 0 Å². The molecule has 4 nitrogen and oxygen atoms in total. The summed E-state index contributed by atoms with van der Waals surface area (Å²) in [6.07, 6.45) is -1.33. The van der Waals surface area contributed by atoms with Gasteiger partial charge in [-0.15, -0.1) is 0 Å². The predicted octanol–water partition coefficient (Wildman–Crippen LogP) is -0.373. The van der Waals surface area contributed by atoms with Crippen molar-refractivity contribution in [2.24, 2.45) is 5.73 Å². The molecule has 0 heterocycles. The monoisotopic (exact) mass is 103 g/mol. The topological polar surface area (TPSA) is 80.4 Å². The summed E-state index contributed by atoms with van der Waals surface area (Å²) in [7, 11) is 0. The van der Waals surface area contributed by atoms with Crippen molar-refractivity contribution in [2.45, 2.75) is 0 Å². The van der Waals surface area contributed by atoms with Crippen LogP contribution in [0.1, 0.15) is 0 Å². The number of carboxylic acid groups (broad SMARTS) is 1. The molecule has 0 saturated heterocycles. The lowest BCUT2D eigenvalue weighted by Crippen LogP contribution is -2.03. The summed E-state index contributed by atoms with van der Waals surface area (Å²) < 4.78 is 0. The first-order valence-corrected chi connectivity index (χ1v) is 1.27. The Morgan fingerprint density at radius 3 is 1.86 bits per heavy atom. The van der Waals surface area contributed by atoms with Crippen molar-refractivity contribution in [3.05, 3.63) is 6.58 Å². The first-order chi connectivity index (χ1) is 3.15. The van der Waals surface area contributed by atoms with Gasteiger partial charge in [0.1, 0.15) is 5.94 Å². The van der Waals surface area contributed by atoms with E-state index in [-0.39, 0.29) is 0 Å². The second kappa shape index (κ2) is 8.83. The number of carbonyl (C=O) groups excluding carboxylic acids is 1. The van der Waals surface area contributed by atoms with E-state index in [2.05, 4.69) is 12.3 Å². The number of hydrogen-bond acceptors (Lipinski definition) is 2. The molecule has 0 fully saturated rings. The average molecular weight is 103 g/mol. The summed E-state index contributed by atoms with van der Waals surface area (Å²) >= 11 is 0. The first kappa shape index (κ1) is 9.21. The van der Waals surface area contributed by atoms with Crippen molar-refractivity contribution in [2.75, 3.05) is 0 Å². The number of carbonyl (C=O) groups is 1. The van der Waals surface area contributed by atoms with Crippen molar-refractivity contribution in [1.82, 2.24) is 0 Å². The molecule has 0 aliphatic heterocycles. The van der Waals surface area contributed by atoms with Gasteiger partial charge < -0.3 is 10.8 Å². The molecule has 7 heavy (non-hydrogen) atoms. The Hall–Kier alpha value is -1.28. The fourth-order valence-corrected chi connectivity index (χ4v) is 0. The SMILES string of the molecule is C=C=O.NC(=O)O. The van der Waals surface area contributed by atoms with E-state index >= 15 is 0 Å². The van der Waals surface area contributed by atoms with E-state index in [0.717, 1.165) is 0 Å². The summed E-state index contributed by atoms with van der Waals surface area (Å²) in [5.74, 6) is 1.25. The Morgan fingerprint density at radius 2 is 1.86 bits per heavy atom.